The van der Waals surface area contributed by atoms with Crippen molar-refractivity contribution in [1.82, 2.24) is 0 Å². The van der Waals surface area contributed by atoms with E-state index in [0.29, 0.717) is 0 Å². The topological polar surface area (TPSA) is 12.4 Å². The van der Waals surface area contributed by atoms with E-state index in [9.17, 15) is 0 Å². The number of unbranched alkanes of at least 4 members (excludes halogenated alkanes) is 3. The van der Waals surface area contributed by atoms with Crippen LogP contribution in [0.5, 0.6) is 0 Å². The third-order valence-electron chi connectivity index (χ3n) is 4.65. The Morgan fingerprint density at radius 2 is 1.25 bits per heavy atom. The molecule has 0 fully saturated rings. The first-order valence-corrected chi connectivity index (χ1v) is 16.8. The van der Waals surface area contributed by atoms with Gasteiger partial charge in [0.1, 0.15) is 0 Å². The van der Waals surface area contributed by atoms with Crippen molar-refractivity contribution in [3.63, 3.8) is 0 Å². The summed E-state index contributed by atoms with van der Waals surface area (Å²) in [6.45, 7) is 14.0. The molecule has 0 saturated carbocycles. The van der Waals surface area contributed by atoms with Crippen molar-refractivity contribution in [2.24, 2.45) is 10.9 Å². The van der Waals surface area contributed by atoms with E-state index in [4.69, 9.17) is 4.99 Å². The summed E-state index contributed by atoms with van der Waals surface area (Å²) >= 11 is -2.15. The molecule has 0 spiro atoms. The molecule has 0 amide bonds. The number of hydrogen-bond acceptors (Lipinski definition) is 1. The number of rotatable bonds is 12. The molecule has 1 unspecified atom stereocenters. The minimum atomic E-state index is -2.15. The van der Waals surface area contributed by atoms with Crippen LogP contribution >= 0.6 is 0 Å². The fraction of sp³-hybridized carbons (Fsp3) is 0.944. The molecule has 20 heavy (non-hydrogen) atoms. The summed E-state index contributed by atoms with van der Waals surface area (Å²) in [6, 6.07) is 0. The van der Waals surface area contributed by atoms with Gasteiger partial charge in [0.05, 0.1) is 0 Å². The summed E-state index contributed by atoms with van der Waals surface area (Å²) in [6.07, 6.45) is 10.5. The van der Waals surface area contributed by atoms with Crippen molar-refractivity contribution >= 4 is 24.6 Å². The van der Waals surface area contributed by atoms with Crippen LogP contribution in [0.1, 0.15) is 80.1 Å². The van der Waals surface area contributed by atoms with E-state index in [1.807, 2.05) is 0 Å². The first-order valence-electron chi connectivity index (χ1n) is 9.05. The zero-order chi connectivity index (χ0) is 15.4. The van der Waals surface area contributed by atoms with Crippen molar-refractivity contribution in [3.05, 3.63) is 0 Å². The van der Waals surface area contributed by atoms with E-state index in [-0.39, 0.29) is 0 Å². The van der Waals surface area contributed by atoms with E-state index >= 15 is 0 Å². The Bertz CT molecular complexity index is 226. The number of hydrogen-bond donors (Lipinski definition) is 0. The van der Waals surface area contributed by atoms with Crippen LogP contribution in [0.4, 0.5) is 0 Å². The third-order valence-corrected chi connectivity index (χ3v) is 22.1. The maximum absolute atomic E-state index is 5.02. The second kappa shape index (κ2) is 12.1. The van der Waals surface area contributed by atoms with Gasteiger partial charge in [-0.1, -0.05) is 0 Å². The van der Waals surface area contributed by atoms with E-state index < -0.39 is 18.4 Å². The first-order chi connectivity index (χ1) is 9.57. The van der Waals surface area contributed by atoms with Crippen LogP contribution < -0.4 is 0 Å². The molecular weight excluding hydrogens is 349 g/mol. The average molecular weight is 388 g/mol. The summed E-state index contributed by atoms with van der Waals surface area (Å²) in [5, 5.41) is 0. The monoisotopic (exact) mass is 389 g/mol. The molecule has 0 N–H and O–H groups in total. The second-order valence-electron chi connectivity index (χ2n) is 6.77. The normalized spacial score (nSPS) is 14.3. The van der Waals surface area contributed by atoms with Crippen molar-refractivity contribution in [1.29, 1.82) is 0 Å². The van der Waals surface area contributed by atoms with Crippen molar-refractivity contribution in [2.45, 2.75) is 97.4 Å². The number of nitrogens with zero attached hydrogens (tertiary/aromatic N) is 1. The molecule has 0 saturated heterocycles. The minimum absolute atomic E-state index is 0.721. The van der Waals surface area contributed by atoms with Crippen LogP contribution in [0.3, 0.4) is 0 Å². The molecule has 0 rings (SSSR count). The first kappa shape index (κ1) is 20.5. The molecule has 0 aromatic carbocycles. The Morgan fingerprint density at radius 3 is 1.50 bits per heavy atom. The van der Waals surface area contributed by atoms with Gasteiger partial charge < -0.3 is 0 Å². The zero-order valence-corrected chi connectivity index (χ0v) is 17.9. The molecule has 1 atom stereocenters. The van der Waals surface area contributed by atoms with Crippen molar-refractivity contribution in [2.75, 3.05) is 0 Å². The summed E-state index contributed by atoms with van der Waals surface area (Å²) in [5.41, 5.74) is 0. The Morgan fingerprint density at radius 1 is 0.850 bits per heavy atom. The van der Waals surface area contributed by atoms with Crippen molar-refractivity contribution < 1.29 is 0 Å². The molecule has 0 radical (unpaired) electrons. The van der Waals surface area contributed by atoms with Gasteiger partial charge in [-0.05, 0) is 0 Å². The van der Waals surface area contributed by atoms with Crippen LogP contribution in [0.15, 0.2) is 4.99 Å². The predicted octanol–water partition coefficient (Wildman–Crippen LogP) is 6.49. The van der Waals surface area contributed by atoms with Crippen LogP contribution in [0.2, 0.25) is 13.3 Å². The van der Waals surface area contributed by atoms with E-state index in [0.717, 1.165) is 9.98 Å². The van der Waals surface area contributed by atoms with Gasteiger partial charge in [-0.2, -0.15) is 0 Å². The molecule has 0 bridgehead atoms. The molecule has 2 heteroatoms. The van der Waals surface area contributed by atoms with E-state index in [2.05, 4.69) is 47.8 Å². The van der Waals surface area contributed by atoms with Crippen LogP contribution in [-0.2, 0) is 0 Å². The molecule has 0 aromatic rings. The standard InChI is InChI=1S/C6H12N.3C4H9.Sn/c1-4-7-5-6(2)3;3*1-3-4-2;/h4-6H,1-3H3;3*1,3-4H2,2H3;/b7-4+;;;;. The fourth-order valence-corrected chi connectivity index (χ4v) is 22.7. The van der Waals surface area contributed by atoms with Gasteiger partial charge in [-0.15, -0.1) is 0 Å². The second-order valence-corrected chi connectivity index (χ2v) is 20.5. The number of aliphatic imine (C=N–C) groups is 1. The zero-order valence-electron chi connectivity index (χ0n) is 15.0. The van der Waals surface area contributed by atoms with Gasteiger partial charge in [-0.3, -0.25) is 0 Å². The van der Waals surface area contributed by atoms with Crippen LogP contribution in [0, 0.1) is 5.92 Å². The molecule has 1 nitrogen and oxygen atoms in total. The predicted molar refractivity (Wildman–Crippen MR) is 97.7 cm³/mol. The maximum atomic E-state index is 5.02. The quantitative estimate of drug-likeness (QED) is 0.268. The Hall–Kier alpha value is 0.469. The molecule has 0 aliphatic carbocycles. The van der Waals surface area contributed by atoms with Crippen LogP contribution in [0.25, 0.3) is 0 Å². The van der Waals surface area contributed by atoms with Gasteiger partial charge in [0.15, 0.2) is 0 Å². The van der Waals surface area contributed by atoms with Crippen molar-refractivity contribution in [3.8, 4) is 0 Å². The summed E-state index contributed by atoms with van der Waals surface area (Å²) in [5.74, 6) is 0.743. The Kier molecular flexibility index (Phi) is 12.3. The van der Waals surface area contributed by atoms with E-state index in [1.165, 1.54) is 38.5 Å². The third kappa shape index (κ3) is 6.95. The molecular formula is C18H39NSn. The molecule has 120 valence electrons. The Balaban J connectivity index is 5.26. The molecule has 0 aliphatic rings. The van der Waals surface area contributed by atoms with Crippen LogP contribution in [-0.4, -0.2) is 28.6 Å². The molecule has 0 heterocycles. The molecule has 0 aliphatic heterocycles. The van der Waals surface area contributed by atoms with Gasteiger partial charge in [0.2, 0.25) is 0 Å². The Labute approximate surface area is 132 Å². The fourth-order valence-electron chi connectivity index (χ4n) is 3.60. The van der Waals surface area contributed by atoms with Gasteiger partial charge in [0.25, 0.3) is 0 Å². The van der Waals surface area contributed by atoms with E-state index in [1.54, 1.807) is 13.3 Å². The van der Waals surface area contributed by atoms with Gasteiger partial charge in [0, 0.05) is 0 Å². The molecule has 0 aromatic heterocycles. The summed E-state index contributed by atoms with van der Waals surface area (Å²) in [4.78, 5) is 5.02. The summed E-state index contributed by atoms with van der Waals surface area (Å²) in [7, 11) is 0. The SMILES string of the molecule is C/C=N/[CH](C(C)C)[Sn]([CH2]CCC)([CH2]CCC)[CH2]CCC. The summed E-state index contributed by atoms with van der Waals surface area (Å²) < 4.78 is 5.45. The average Bonchev–Trinajstić information content (AvgIpc) is 2.44. The van der Waals surface area contributed by atoms with Gasteiger partial charge >= 0.3 is 133 Å². The van der Waals surface area contributed by atoms with Gasteiger partial charge in [-0.25, -0.2) is 0 Å².